The fraction of sp³-hybridized carbons (Fsp3) is 0.231. The molecule has 0 aliphatic rings. The van der Waals surface area contributed by atoms with Gasteiger partial charge in [0.15, 0.2) is 5.82 Å². The van der Waals surface area contributed by atoms with Crippen LogP contribution in [-0.2, 0) is 13.0 Å². The molecule has 0 amide bonds. The number of phenols is 1. The standard InChI is InChI=1S/C26H26F2N2O/c1-18-4-2-3-5-22(18)26-25(28)23-16-21(31)10-11-24(23)30(26)17-20-8-6-19(7-9-20)12-14-29-15-13-27/h2-11,16,29,31H,12-15,17H2,1H3. The number of alkyl halides is 1. The Bertz CT molecular complexity index is 1180. The molecule has 0 atom stereocenters. The Morgan fingerprint density at radius 3 is 2.42 bits per heavy atom. The number of aryl methyl sites for hydroxylation is 1. The van der Waals surface area contributed by atoms with Gasteiger partial charge in [-0.25, -0.2) is 8.78 Å². The van der Waals surface area contributed by atoms with E-state index in [2.05, 4.69) is 29.6 Å². The maximum Gasteiger partial charge on any atom is 0.156 e. The Labute approximate surface area is 181 Å². The number of benzene rings is 3. The van der Waals surface area contributed by atoms with Crippen LogP contribution in [0.3, 0.4) is 0 Å². The summed E-state index contributed by atoms with van der Waals surface area (Å²) in [7, 11) is 0. The second kappa shape index (κ2) is 9.31. The van der Waals surface area contributed by atoms with Gasteiger partial charge in [-0.3, -0.25) is 0 Å². The van der Waals surface area contributed by atoms with Crippen LogP contribution in [-0.4, -0.2) is 29.4 Å². The van der Waals surface area contributed by atoms with E-state index in [1.54, 1.807) is 12.1 Å². The topological polar surface area (TPSA) is 37.2 Å². The first kappa shape index (κ1) is 21.1. The molecule has 3 aromatic carbocycles. The summed E-state index contributed by atoms with van der Waals surface area (Å²) in [5.74, 6) is -0.277. The lowest BCUT2D eigenvalue weighted by atomic mass is 10.0. The Kier molecular flexibility index (Phi) is 6.33. The molecule has 0 unspecified atom stereocenters. The number of rotatable bonds is 8. The molecule has 1 aromatic heterocycles. The SMILES string of the molecule is Cc1ccccc1-c1c(F)c2cc(O)ccc2n1Cc1ccc(CCNCCF)cc1. The van der Waals surface area contributed by atoms with Gasteiger partial charge in [-0.15, -0.1) is 0 Å². The van der Waals surface area contributed by atoms with Crippen LogP contribution in [0.2, 0.25) is 0 Å². The third-order valence-corrected chi connectivity index (χ3v) is 5.61. The van der Waals surface area contributed by atoms with Gasteiger partial charge in [-0.05, 0) is 54.8 Å². The minimum Gasteiger partial charge on any atom is -0.508 e. The van der Waals surface area contributed by atoms with Crippen LogP contribution in [0.4, 0.5) is 8.78 Å². The summed E-state index contributed by atoms with van der Waals surface area (Å²) in [6.07, 6.45) is 0.828. The number of hydrogen-bond donors (Lipinski definition) is 2. The van der Waals surface area contributed by atoms with Gasteiger partial charge in [-0.1, -0.05) is 48.5 Å². The van der Waals surface area contributed by atoms with Crippen LogP contribution in [0.25, 0.3) is 22.2 Å². The molecule has 2 N–H and O–H groups in total. The monoisotopic (exact) mass is 420 g/mol. The van der Waals surface area contributed by atoms with Crippen molar-refractivity contribution in [1.29, 1.82) is 0 Å². The lowest BCUT2D eigenvalue weighted by Gasteiger charge is -2.13. The van der Waals surface area contributed by atoms with E-state index in [9.17, 15) is 9.50 Å². The van der Waals surface area contributed by atoms with E-state index >= 15 is 4.39 Å². The van der Waals surface area contributed by atoms with Crippen LogP contribution in [0, 0.1) is 12.7 Å². The molecule has 0 bridgehead atoms. The molecule has 0 fully saturated rings. The Morgan fingerprint density at radius 1 is 0.935 bits per heavy atom. The number of halogens is 2. The first-order chi connectivity index (χ1) is 15.1. The van der Waals surface area contributed by atoms with Crippen LogP contribution in [0.1, 0.15) is 16.7 Å². The average molecular weight is 421 g/mol. The van der Waals surface area contributed by atoms with E-state index in [1.165, 1.54) is 11.6 Å². The van der Waals surface area contributed by atoms with Gasteiger partial charge in [0.25, 0.3) is 0 Å². The number of aromatic nitrogens is 1. The van der Waals surface area contributed by atoms with Crippen molar-refractivity contribution in [1.82, 2.24) is 9.88 Å². The lowest BCUT2D eigenvalue weighted by Crippen LogP contribution is -2.19. The predicted molar refractivity (Wildman–Crippen MR) is 122 cm³/mol. The maximum atomic E-state index is 15.5. The predicted octanol–water partition coefficient (Wildman–Crippen LogP) is 5.61. The fourth-order valence-corrected chi connectivity index (χ4v) is 3.99. The minimum absolute atomic E-state index is 0.0469. The summed E-state index contributed by atoms with van der Waals surface area (Å²) in [5.41, 5.74) is 5.33. The van der Waals surface area contributed by atoms with E-state index in [4.69, 9.17) is 0 Å². The Morgan fingerprint density at radius 2 is 1.68 bits per heavy atom. The fourth-order valence-electron chi connectivity index (χ4n) is 3.99. The second-order valence-corrected chi connectivity index (χ2v) is 7.77. The number of hydrogen-bond acceptors (Lipinski definition) is 2. The third kappa shape index (κ3) is 4.47. The molecule has 3 nitrogen and oxygen atoms in total. The van der Waals surface area contributed by atoms with Crippen LogP contribution >= 0.6 is 0 Å². The van der Waals surface area contributed by atoms with Gasteiger partial charge in [0.05, 0.1) is 11.2 Å². The number of nitrogens with one attached hydrogen (secondary N) is 1. The van der Waals surface area contributed by atoms with Crippen molar-refractivity contribution < 1.29 is 13.9 Å². The van der Waals surface area contributed by atoms with E-state index in [0.29, 0.717) is 24.2 Å². The molecule has 160 valence electrons. The summed E-state index contributed by atoms with van der Waals surface area (Å²) in [6, 6.07) is 20.8. The number of phenolic OH excluding ortho intramolecular Hbond substituents is 1. The largest absolute Gasteiger partial charge is 0.508 e. The first-order valence-electron chi connectivity index (χ1n) is 10.5. The van der Waals surface area contributed by atoms with Crippen LogP contribution < -0.4 is 5.32 Å². The number of fused-ring (bicyclic) bond motifs is 1. The lowest BCUT2D eigenvalue weighted by molar-refractivity contribution is 0.468. The molecule has 0 spiro atoms. The van der Waals surface area contributed by atoms with Gasteiger partial charge in [0.1, 0.15) is 12.4 Å². The highest BCUT2D eigenvalue weighted by atomic mass is 19.1. The molecule has 4 rings (SSSR count). The summed E-state index contributed by atoms with van der Waals surface area (Å²) in [5, 5.41) is 13.4. The van der Waals surface area contributed by atoms with Gasteiger partial charge in [-0.2, -0.15) is 0 Å². The highest BCUT2D eigenvalue weighted by molar-refractivity contribution is 5.89. The number of nitrogens with zero attached hydrogens (tertiary/aromatic N) is 1. The third-order valence-electron chi connectivity index (χ3n) is 5.61. The molecule has 0 aliphatic carbocycles. The molecule has 31 heavy (non-hydrogen) atoms. The normalized spacial score (nSPS) is 11.3. The van der Waals surface area contributed by atoms with Crippen molar-refractivity contribution >= 4 is 10.9 Å². The van der Waals surface area contributed by atoms with Crippen molar-refractivity contribution in [2.75, 3.05) is 19.8 Å². The van der Waals surface area contributed by atoms with Crippen molar-refractivity contribution in [2.45, 2.75) is 19.9 Å². The van der Waals surface area contributed by atoms with Crippen LogP contribution in [0.5, 0.6) is 5.75 Å². The van der Waals surface area contributed by atoms with E-state index in [0.717, 1.165) is 35.2 Å². The van der Waals surface area contributed by atoms with Crippen LogP contribution in [0.15, 0.2) is 66.7 Å². The highest BCUT2D eigenvalue weighted by Gasteiger charge is 2.20. The zero-order valence-electron chi connectivity index (χ0n) is 17.5. The van der Waals surface area contributed by atoms with Crippen molar-refractivity contribution in [3.05, 3.63) is 89.2 Å². The van der Waals surface area contributed by atoms with Crippen molar-refractivity contribution in [2.24, 2.45) is 0 Å². The molecule has 0 saturated heterocycles. The average Bonchev–Trinajstić information content (AvgIpc) is 3.03. The quantitative estimate of drug-likeness (QED) is 0.364. The molecule has 0 saturated carbocycles. The summed E-state index contributed by atoms with van der Waals surface area (Å²) >= 11 is 0. The van der Waals surface area contributed by atoms with Gasteiger partial charge >= 0.3 is 0 Å². The molecule has 4 aromatic rings. The Balaban J connectivity index is 1.70. The maximum absolute atomic E-state index is 15.5. The van der Waals surface area contributed by atoms with Crippen molar-refractivity contribution in [3.8, 4) is 17.0 Å². The van der Waals surface area contributed by atoms with Gasteiger partial charge in [0, 0.05) is 24.0 Å². The van der Waals surface area contributed by atoms with Gasteiger partial charge in [0.2, 0.25) is 0 Å². The summed E-state index contributed by atoms with van der Waals surface area (Å²) < 4.78 is 29.7. The molecule has 0 radical (unpaired) electrons. The Hall–Kier alpha value is -3.18. The second-order valence-electron chi connectivity index (χ2n) is 7.77. The molecular weight excluding hydrogens is 394 g/mol. The van der Waals surface area contributed by atoms with E-state index in [-0.39, 0.29) is 18.2 Å². The molecule has 5 heteroatoms. The smallest absolute Gasteiger partial charge is 0.156 e. The molecule has 1 heterocycles. The van der Waals surface area contributed by atoms with E-state index in [1.807, 2.05) is 35.8 Å². The number of aromatic hydroxyl groups is 1. The summed E-state index contributed by atoms with van der Waals surface area (Å²) in [6.45, 7) is 3.23. The minimum atomic E-state index is -0.360. The van der Waals surface area contributed by atoms with Gasteiger partial charge < -0.3 is 15.0 Å². The van der Waals surface area contributed by atoms with E-state index < -0.39 is 0 Å². The zero-order chi connectivity index (χ0) is 21.8. The highest BCUT2D eigenvalue weighted by Crippen LogP contribution is 2.36. The zero-order valence-corrected chi connectivity index (χ0v) is 17.5. The van der Waals surface area contributed by atoms with Crippen molar-refractivity contribution in [3.63, 3.8) is 0 Å². The molecule has 0 aliphatic heterocycles. The first-order valence-corrected chi connectivity index (χ1v) is 10.5. The molecular formula is C26H26F2N2O. The summed E-state index contributed by atoms with van der Waals surface area (Å²) in [4.78, 5) is 0.